The average Bonchev–Trinajstić information content (AvgIpc) is 2.81. The van der Waals surface area contributed by atoms with Crippen molar-refractivity contribution in [2.45, 2.75) is 17.9 Å². The summed E-state index contributed by atoms with van der Waals surface area (Å²) in [5.74, 6) is 0. The van der Waals surface area contributed by atoms with E-state index in [9.17, 15) is 8.42 Å². The Labute approximate surface area is 111 Å². The van der Waals surface area contributed by atoms with E-state index in [4.69, 9.17) is 5.14 Å². The minimum atomic E-state index is -3.61. The Morgan fingerprint density at radius 1 is 1.22 bits per heavy atom. The third-order valence-electron chi connectivity index (χ3n) is 2.61. The Hall–Kier alpha value is -1.37. The summed E-state index contributed by atoms with van der Waals surface area (Å²) in [7, 11) is -3.61. The second-order valence-corrected chi connectivity index (χ2v) is 6.33. The molecule has 0 aliphatic carbocycles. The zero-order valence-corrected chi connectivity index (χ0v) is 11.5. The number of thiophene rings is 1. The highest BCUT2D eigenvalue weighted by atomic mass is 32.2. The molecule has 96 valence electrons. The lowest BCUT2D eigenvalue weighted by molar-refractivity contribution is 0.597. The van der Waals surface area contributed by atoms with Gasteiger partial charge in [0, 0.05) is 17.1 Å². The molecule has 0 radical (unpaired) electrons. The molecule has 0 saturated carbocycles. The molecule has 1 unspecified atom stereocenters. The molecule has 18 heavy (non-hydrogen) atoms. The van der Waals surface area contributed by atoms with Crippen LogP contribution in [-0.4, -0.2) is 8.42 Å². The third kappa shape index (κ3) is 3.10. The van der Waals surface area contributed by atoms with E-state index in [2.05, 4.69) is 5.32 Å². The summed E-state index contributed by atoms with van der Waals surface area (Å²) >= 11 is 1.62. The standard InChI is InChI=1S/C12H14N2O2S2/c1-9(14-11-6-7-17-8-11)10-2-4-12(5-3-10)18(13,15)16/h2-9,14H,1H3,(H2,13,15,16). The van der Waals surface area contributed by atoms with E-state index in [1.54, 1.807) is 23.5 Å². The number of primary sulfonamides is 1. The molecule has 2 aromatic rings. The monoisotopic (exact) mass is 282 g/mol. The van der Waals surface area contributed by atoms with Crippen molar-refractivity contribution in [3.8, 4) is 0 Å². The Balaban J connectivity index is 2.14. The van der Waals surface area contributed by atoms with Crippen LogP contribution in [0.3, 0.4) is 0 Å². The highest BCUT2D eigenvalue weighted by Crippen LogP contribution is 2.21. The molecule has 2 rings (SSSR count). The van der Waals surface area contributed by atoms with E-state index in [0.29, 0.717) is 0 Å². The van der Waals surface area contributed by atoms with Crippen molar-refractivity contribution < 1.29 is 8.42 Å². The van der Waals surface area contributed by atoms with Crippen molar-refractivity contribution in [2.24, 2.45) is 5.14 Å². The molecule has 0 bridgehead atoms. The summed E-state index contributed by atoms with van der Waals surface area (Å²) in [6.45, 7) is 2.02. The van der Waals surface area contributed by atoms with Gasteiger partial charge in [-0.2, -0.15) is 11.3 Å². The van der Waals surface area contributed by atoms with Crippen LogP contribution in [0.15, 0.2) is 46.0 Å². The first-order chi connectivity index (χ1) is 8.47. The second-order valence-electron chi connectivity index (χ2n) is 3.99. The summed E-state index contributed by atoms with van der Waals surface area (Å²) in [6.07, 6.45) is 0. The van der Waals surface area contributed by atoms with E-state index in [0.717, 1.165) is 11.3 Å². The van der Waals surface area contributed by atoms with Gasteiger partial charge in [-0.3, -0.25) is 0 Å². The maximum Gasteiger partial charge on any atom is 0.238 e. The van der Waals surface area contributed by atoms with E-state index >= 15 is 0 Å². The van der Waals surface area contributed by atoms with Gasteiger partial charge in [-0.25, -0.2) is 13.6 Å². The fourth-order valence-corrected chi connectivity index (χ4v) is 2.74. The van der Waals surface area contributed by atoms with Crippen LogP contribution < -0.4 is 10.5 Å². The molecule has 1 aromatic carbocycles. The fraction of sp³-hybridized carbons (Fsp3) is 0.167. The fourth-order valence-electron chi connectivity index (χ4n) is 1.63. The summed E-state index contributed by atoms with van der Waals surface area (Å²) < 4.78 is 22.3. The van der Waals surface area contributed by atoms with Gasteiger partial charge >= 0.3 is 0 Å². The SMILES string of the molecule is CC(Nc1ccsc1)c1ccc(S(N)(=O)=O)cc1. The molecule has 0 aliphatic heterocycles. The summed E-state index contributed by atoms with van der Waals surface area (Å²) in [4.78, 5) is 0.133. The zero-order valence-electron chi connectivity index (χ0n) is 9.83. The van der Waals surface area contributed by atoms with E-state index < -0.39 is 10.0 Å². The van der Waals surface area contributed by atoms with Crippen molar-refractivity contribution in [2.75, 3.05) is 5.32 Å². The number of nitrogens with one attached hydrogen (secondary N) is 1. The van der Waals surface area contributed by atoms with E-state index in [1.807, 2.05) is 23.8 Å². The number of anilines is 1. The maximum absolute atomic E-state index is 11.1. The third-order valence-corrected chi connectivity index (χ3v) is 4.23. The summed E-state index contributed by atoms with van der Waals surface area (Å²) in [6, 6.07) is 8.69. The molecule has 3 N–H and O–H groups in total. The minimum absolute atomic E-state index is 0.106. The van der Waals surface area contributed by atoms with Gasteiger partial charge in [0.2, 0.25) is 10.0 Å². The number of rotatable bonds is 4. The van der Waals surface area contributed by atoms with E-state index in [-0.39, 0.29) is 10.9 Å². The predicted octanol–water partition coefficient (Wildman–Crippen LogP) is 2.57. The van der Waals surface area contributed by atoms with Crippen LogP contribution >= 0.6 is 11.3 Å². The van der Waals surface area contributed by atoms with Gasteiger partial charge in [0.05, 0.1) is 4.90 Å². The lowest BCUT2D eigenvalue weighted by Gasteiger charge is -2.14. The van der Waals surface area contributed by atoms with Gasteiger partial charge in [0.15, 0.2) is 0 Å². The van der Waals surface area contributed by atoms with Crippen molar-refractivity contribution in [3.63, 3.8) is 0 Å². The molecule has 4 nitrogen and oxygen atoms in total. The Bertz CT molecular complexity index is 604. The second kappa shape index (κ2) is 5.09. The van der Waals surface area contributed by atoms with Crippen LogP contribution in [0, 0.1) is 0 Å². The van der Waals surface area contributed by atoms with Crippen LogP contribution in [0.25, 0.3) is 0 Å². The normalized spacial score (nSPS) is 13.2. The number of nitrogens with two attached hydrogens (primary N) is 1. The van der Waals surface area contributed by atoms with Crippen LogP contribution in [-0.2, 0) is 10.0 Å². The Morgan fingerprint density at radius 3 is 2.39 bits per heavy atom. The lowest BCUT2D eigenvalue weighted by Crippen LogP contribution is -2.12. The maximum atomic E-state index is 11.1. The molecule has 0 fully saturated rings. The highest BCUT2D eigenvalue weighted by Gasteiger charge is 2.09. The molecule has 1 atom stereocenters. The lowest BCUT2D eigenvalue weighted by atomic mass is 10.1. The topological polar surface area (TPSA) is 72.2 Å². The highest BCUT2D eigenvalue weighted by molar-refractivity contribution is 7.89. The predicted molar refractivity (Wildman–Crippen MR) is 74.2 cm³/mol. The molecular weight excluding hydrogens is 268 g/mol. The zero-order chi connectivity index (χ0) is 13.2. The van der Waals surface area contributed by atoms with Gasteiger partial charge in [-0.1, -0.05) is 12.1 Å². The van der Waals surface area contributed by atoms with Crippen molar-refractivity contribution in [1.82, 2.24) is 0 Å². The smallest absolute Gasteiger partial charge is 0.238 e. The Kier molecular flexibility index (Phi) is 3.70. The van der Waals surface area contributed by atoms with Gasteiger partial charge < -0.3 is 5.32 Å². The van der Waals surface area contributed by atoms with Gasteiger partial charge in [-0.05, 0) is 36.1 Å². The average molecular weight is 282 g/mol. The van der Waals surface area contributed by atoms with Crippen LogP contribution in [0.1, 0.15) is 18.5 Å². The number of hydrogen-bond donors (Lipinski definition) is 2. The molecule has 0 saturated heterocycles. The molecule has 0 amide bonds. The largest absolute Gasteiger partial charge is 0.378 e. The van der Waals surface area contributed by atoms with Crippen molar-refractivity contribution in [1.29, 1.82) is 0 Å². The summed E-state index contributed by atoms with van der Waals surface area (Å²) in [5.41, 5.74) is 2.07. The van der Waals surface area contributed by atoms with Crippen LogP contribution in [0.2, 0.25) is 0 Å². The molecule has 6 heteroatoms. The first-order valence-corrected chi connectivity index (χ1v) is 7.87. The molecule has 1 heterocycles. The molecular formula is C12H14N2O2S2. The van der Waals surface area contributed by atoms with E-state index in [1.165, 1.54) is 12.1 Å². The molecule has 1 aromatic heterocycles. The number of sulfonamides is 1. The van der Waals surface area contributed by atoms with Crippen molar-refractivity contribution >= 4 is 27.0 Å². The van der Waals surface area contributed by atoms with Crippen molar-refractivity contribution in [3.05, 3.63) is 46.7 Å². The quantitative estimate of drug-likeness (QED) is 0.905. The summed E-state index contributed by atoms with van der Waals surface area (Å²) in [5, 5.41) is 12.4. The van der Waals surface area contributed by atoms with Gasteiger partial charge in [0.25, 0.3) is 0 Å². The first-order valence-electron chi connectivity index (χ1n) is 5.38. The van der Waals surface area contributed by atoms with Crippen LogP contribution in [0.4, 0.5) is 5.69 Å². The molecule has 0 spiro atoms. The van der Waals surface area contributed by atoms with Crippen LogP contribution in [0.5, 0.6) is 0 Å². The minimum Gasteiger partial charge on any atom is -0.378 e. The Morgan fingerprint density at radius 2 is 1.89 bits per heavy atom. The molecule has 0 aliphatic rings. The number of benzene rings is 1. The number of hydrogen-bond acceptors (Lipinski definition) is 4. The van der Waals surface area contributed by atoms with Gasteiger partial charge in [0.1, 0.15) is 0 Å². The first kappa shape index (κ1) is 13.1. The van der Waals surface area contributed by atoms with Gasteiger partial charge in [-0.15, -0.1) is 0 Å².